The predicted octanol–water partition coefficient (Wildman–Crippen LogP) is 4.14. The number of halogens is 1. The van der Waals surface area contributed by atoms with Crippen LogP contribution < -0.4 is 5.32 Å². The number of rotatable bonds is 4. The van der Waals surface area contributed by atoms with E-state index in [1.807, 2.05) is 30.5 Å². The summed E-state index contributed by atoms with van der Waals surface area (Å²) in [5, 5.41) is 4.01. The molecule has 0 bridgehead atoms. The van der Waals surface area contributed by atoms with Gasteiger partial charge in [-0.1, -0.05) is 23.7 Å². The molecule has 0 spiro atoms. The van der Waals surface area contributed by atoms with Crippen molar-refractivity contribution in [2.75, 3.05) is 13.6 Å². The number of nitrogens with one attached hydrogen (secondary N) is 1. The third kappa shape index (κ3) is 2.89. The number of likely N-dealkylation sites (N-methyl/N-ethyl adjacent to an activating group) is 1. The maximum atomic E-state index is 6.15. The van der Waals surface area contributed by atoms with E-state index in [0.29, 0.717) is 0 Å². The molecule has 0 amide bonds. The van der Waals surface area contributed by atoms with Gasteiger partial charge in [0.05, 0.1) is 0 Å². The molecule has 0 aliphatic carbocycles. The summed E-state index contributed by atoms with van der Waals surface area (Å²) in [5.74, 6) is 0. The highest BCUT2D eigenvalue weighted by Gasteiger charge is 2.07. The first kappa shape index (κ1) is 12.6. The van der Waals surface area contributed by atoms with Gasteiger partial charge in [-0.3, -0.25) is 0 Å². The van der Waals surface area contributed by atoms with Crippen LogP contribution in [0.15, 0.2) is 30.3 Å². The molecule has 0 fully saturated rings. The van der Waals surface area contributed by atoms with E-state index in [1.54, 1.807) is 0 Å². The second-order valence-electron chi connectivity index (χ2n) is 4.03. The van der Waals surface area contributed by atoms with Gasteiger partial charge in [0, 0.05) is 14.8 Å². The molecule has 2 aromatic rings. The summed E-state index contributed by atoms with van der Waals surface area (Å²) in [7, 11) is 1.98. The average Bonchev–Trinajstić information content (AvgIpc) is 2.78. The van der Waals surface area contributed by atoms with Gasteiger partial charge in [0.15, 0.2) is 0 Å². The van der Waals surface area contributed by atoms with Crippen LogP contribution in [-0.4, -0.2) is 13.6 Å². The molecular formula is C14H16ClNS. The van der Waals surface area contributed by atoms with Crippen molar-refractivity contribution >= 4 is 22.9 Å². The number of thiophene rings is 1. The molecule has 0 saturated heterocycles. The zero-order chi connectivity index (χ0) is 12.3. The zero-order valence-electron chi connectivity index (χ0n) is 10.1. The highest BCUT2D eigenvalue weighted by atomic mass is 35.5. The van der Waals surface area contributed by atoms with Crippen molar-refractivity contribution in [1.29, 1.82) is 0 Å². The van der Waals surface area contributed by atoms with Gasteiger partial charge in [0.2, 0.25) is 0 Å². The quantitative estimate of drug-likeness (QED) is 0.876. The van der Waals surface area contributed by atoms with Gasteiger partial charge in [-0.05, 0) is 56.3 Å². The zero-order valence-corrected chi connectivity index (χ0v) is 11.7. The highest BCUT2D eigenvalue weighted by Crippen LogP contribution is 2.33. The van der Waals surface area contributed by atoms with Crippen LogP contribution in [-0.2, 0) is 6.42 Å². The fourth-order valence-corrected chi connectivity index (χ4v) is 3.04. The van der Waals surface area contributed by atoms with Crippen molar-refractivity contribution < 1.29 is 0 Å². The largest absolute Gasteiger partial charge is 0.319 e. The maximum absolute atomic E-state index is 6.15. The van der Waals surface area contributed by atoms with Crippen molar-refractivity contribution in [2.24, 2.45) is 0 Å². The minimum absolute atomic E-state index is 0.840. The minimum Gasteiger partial charge on any atom is -0.319 e. The molecule has 1 aromatic heterocycles. The van der Waals surface area contributed by atoms with Gasteiger partial charge in [-0.2, -0.15) is 0 Å². The molecule has 0 aliphatic rings. The monoisotopic (exact) mass is 265 g/mol. The van der Waals surface area contributed by atoms with Gasteiger partial charge >= 0.3 is 0 Å². The second-order valence-corrected chi connectivity index (χ2v) is 5.61. The fraction of sp³-hybridized carbons (Fsp3) is 0.286. The number of hydrogen-bond donors (Lipinski definition) is 1. The Morgan fingerprint density at radius 1 is 1.24 bits per heavy atom. The Morgan fingerprint density at radius 3 is 2.82 bits per heavy atom. The molecule has 0 saturated carbocycles. The van der Waals surface area contributed by atoms with E-state index in [-0.39, 0.29) is 0 Å². The number of hydrogen-bond acceptors (Lipinski definition) is 2. The van der Waals surface area contributed by atoms with Crippen LogP contribution in [0.1, 0.15) is 10.4 Å². The first-order chi connectivity index (χ1) is 8.22. The Balaban J connectivity index is 2.27. The third-order valence-corrected chi connectivity index (χ3v) is 4.40. The molecule has 1 nitrogen and oxygen atoms in total. The summed E-state index contributed by atoms with van der Waals surface area (Å²) >= 11 is 8.00. The van der Waals surface area contributed by atoms with E-state index in [0.717, 1.165) is 23.6 Å². The predicted molar refractivity (Wildman–Crippen MR) is 77.1 cm³/mol. The van der Waals surface area contributed by atoms with E-state index in [2.05, 4.69) is 30.4 Å². The normalized spacial score (nSPS) is 10.8. The Morgan fingerprint density at radius 2 is 2.06 bits per heavy atom. The molecule has 2 rings (SSSR count). The van der Waals surface area contributed by atoms with E-state index in [1.165, 1.54) is 15.3 Å². The molecule has 0 aliphatic heterocycles. The van der Waals surface area contributed by atoms with Crippen molar-refractivity contribution in [2.45, 2.75) is 13.3 Å². The van der Waals surface area contributed by atoms with E-state index in [9.17, 15) is 0 Å². The molecule has 0 atom stereocenters. The Kier molecular flexibility index (Phi) is 4.21. The summed E-state index contributed by atoms with van der Waals surface area (Å²) in [6.45, 7) is 3.10. The SMILES string of the molecule is CNCCc1ccc(-c2cccc(Cl)c2C)s1. The summed E-state index contributed by atoms with van der Waals surface area (Å²) in [6, 6.07) is 10.5. The van der Waals surface area contributed by atoms with Crippen LogP contribution in [0.2, 0.25) is 5.02 Å². The first-order valence-corrected chi connectivity index (χ1v) is 6.90. The Bertz CT molecular complexity index is 505. The lowest BCUT2D eigenvalue weighted by Gasteiger charge is -2.04. The van der Waals surface area contributed by atoms with Crippen LogP contribution in [0.3, 0.4) is 0 Å². The van der Waals surface area contributed by atoms with Gasteiger partial charge < -0.3 is 5.32 Å². The van der Waals surface area contributed by atoms with Crippen LogP contribution in [0.4, 0.5) is 0 Å². The molecule has 1 aromatic carbocycles. The first-order valence-electron chi connectivity index (χ1n) is 5.71. The molecule has 0 unspecified atom stereocenters. The molecule has 3 heteroatoms. The second kappa shape index (κ2) is 5.67. The van der Waals surface area contributed by atoms with Crippen molar-refractivity contribution in [3.05, 3.63) is 45.8 Å². The molecule has 90 valence electrons. The van der Waals surface area contributed by atoms with Crippen molar-refractivity contribution in [3.63, 3.8) is 0 Å². The average molecular weight is 266 g/mol. The maximum Gasteiger partial charge on any atom is 0.0441 e. The van der Waals surface area contributed by atoms with E-state index in [4.69, 9.17) is 11.6 Å². The van der Waals surface area contributed by atoms with Crippen molar-refractivity contribution in [1.82, 2.24) is 5.32 Å². The van der Waals surface area contributed by atoms with Crippen LogP contribution >= 0.6 is 22.9 Å². The van der Waals surface area contributed by atoms with Gasteiger partial charge in [0.1, 0.15) is 0 Å². The van der Waals surface area contributed by atoms with E-state index >= 15 is 0 Å². The van der Waals surface area contributed by atoms with Crippen LogP contribution in [0.25, 0.3) is 10.4 Å². The summed E-state index contributed by atoms with van der Waals surface area (Å²) in [6.07, 6.45) is 1.08. The molecule has 0 radical (unpaired) electrons. The summed E-state index contributed by atoms with van der Waals surface area (Å²) in [5.41, 5.74) is 2.41. The standard InChI is InChI=1S/C14H16ClNS/c1-10-12(4-3-5-13(10)15)14-7-6-11(17-14)8-9-16-2/h3-7,16H,8-9H2,1-2H3. The topological polar surface area (TPSA) is 12.0 Å². The van der Waals surface area contributed by atoms with Gasteiger partial charge in [0.25, 0.3) is 0 Å². The van der Waals surface area contributed by atoms with Crippen LogP contribution in [0, 0.1) is 6.92 Å². The molecule has 17 heavy (non-hydrogen) atoms. The smallest absolute Gasteiger partial charge is 0.0441 e. The molecule has 1 heterocycles. The minimum atomic E-state index is 0.840. The Labute approximate surface area is 111 Å². The lowest BCUT2D eigenvalue weighted by Crippen LogP contribution is -2.09. The molecule has 1 N–H and O–H groups in total. The Hall–Kier alpha value is -0.830. The highest BCUT2D eigenvalue weighted by molar-refractivity contribution is 7.15. The third-order valence-electron chi connectivity index (χ3n) is 2.82. The van der Waals surface area contributed by atoms with Gasteiger partial charge in [-0.15, -0.1) is 11.3 Å². The van der Waals surface area contributed by atoms with Crippen LogP contribution in [0.5, 0.6) is 0 Å². The lowest BCUT2D eigenvalue weighted by atomic mass is 10.1. The molecular weight excluding hydrogens is 250 g/mol. The van der Waals surface area contributed by atoms with Gasteiger partial charge in [-0.25, -0.2) is 0 Å². The van der Waals surface area contributed by atoms with E-state index < -0.39 is 0 Å². The fourth-order valence-electron chi connectivity index (χ4n) is 1.78. The van der Waals surface area contributed by atoms with Crippen molar-refractivity contribution in [3.8, 4) is 10.4 Å². The summed E-state index contributed by atoms with van der Waals surface area (Å²) in [4.78, 5) is 2.71. The number of benzene rings is 1. The summed E-state index contributed by atoms with van der Waals surface area (Å²) < 4.78 is 0. The lowest BCUT2D eigenvalue weighted by molar-refractivity contribution is 0.799.